The smallest absolute Gasteiger partial charge is 0.244 e. The summed E-state index contributed by atoms with van der Waals surface area (Å²) < 4.78 is 33.0. The van der Waals surface area contributed by atoms with Crippen molar-refractivity contribution in [2.45, 2.75) is 38.3 Å². The van der Waals surface area contributed by atoms with E-state index in [-0.39, 0.29) is 23.4 Å². The normalized spacial score (nSPS) is 14.2. The molecule has 1 heterocycles. The number of likely N-dealkylation sites (N-methyl/N-ethyl adjacent to an activating group) is 1. The predicted octanol–water partition coefficient (Wildman–Crippen LogP) is 0.911. The highest BCUT2D eigenvalue weighted by atomic mass is 32.2. The molecule has 0 aliphatic heterocycles. The van der Waals surface area contributed by atoms with Gasteiger partial charge in [-0.15, -0.1) is 0 Å². The van der Waals surface area contributed by atoms with Gasteiger partial charge in [-0.1, -0.05) is 13.8 Å². The van der Waals surface area contributed by atoms with E-state index >= 15 is 0 Å². The standard InChI is InChI=1S/C13H25N3O3S/c1-9(2)12(8-16(4)5)15-20(17,18)13-6-11(7-14)19-10(13)3/h6,9,12,15H,7-8,14H2,1-5H3. The van der Waals surface area contributed by atoms with Crippen LogP contribution in [0, 0.1) is 12.8 Å². The molecule has 1 aromatic rings. The van der Waals surface area contributed by atoms with Gasteiger partial charge in [-0.05, 0) is 26.9 Å². The molecule has 1 aromatic heterocycles. The third-order valence-electron chi connectivity index (χ3n) is 3.09. The predicted molar refractivity (Wildman–Crippen MR) is 78.8 cm³/mol. The third kappa shape index (κ3) is 4.31. The molecule has 0 bridgehead atoms. The lowest BCUT2D eigenvalue weighted by Gasteiger charge is -2.25. The summed E-state index contributed by atoms with van der Waals surface area (Å²) in [7, 11) is 0.236. The summed E-state index contributed by atoms with van der Waals surface area (Å²) in [6.45, 7) is 6.43. The van der Waals surface area contributed by atoms with Crippen molar-refractivity contribution in [2.75, 3.05) is 20.6 Å². The summed E-state index contributed by atoms with van der Waals surface area (Å²) in [6.07, 6.45) is 0. The van der Waals surface area contributed by atoms with Crippen molar-refractivity contribution in [2.24, 2.45) is 11.7 Å². The lowest BCUT2D eigenvalue weighted by Crippen LogP contribution is -2.44. The van der Waals surface area contributed by atoms with Crippen LogP contribution in [0.3, 0.4) is 0 Å². The van der Waals surface area contributed by atoms with Crippen LogP contribution in [0.1, 0.15) is 25.4 Å². The van der Waals surface area contributed by atoms with E-state index < -0.39 is 10.0 Å². The van der Waals surface area contributed by atoms with E-state index in [1.54, 1.807) is 6.92 Å². The summed E-state index contributed by atoms with van der Waals surface area (Å²) in [5.74, 6) is 1.02. The molecule has 0 aliphatic carbocycles. The summed E-state index contributed by atoms with van der Waals surface area (Å²) >= 11 is 0. The van der Waals surface area contributed by atoms with E-state index in [0.29, 0.717) is 18.1 Å². The zero-order valence-electron chi connectivity index (χ0n) is 12.8. The number of rotatable bonds is 7. The van der Waals surface area contributed by atoms with Gasteiger partial charge in [-0.25, -0.2) is 13.1 Å². The van der Waals surface area contributed by atoms with Gasteiger partial charge < -0.3 is 15.1 Å². The Morgan fingerprint density at radius 2 is 2.00 bits per heavy atom. The monoisotopic (exact) mass is 303 g/mol. The van der Waals surface area contributed by atoms with Crippen molar-refractivity contribution < 1.29 is 12.8 Å². The Kier molecular flexibility index (Phi) is 5.76. The van der Waals surface area contributed by atoms with Crippen molar-refractivity contribution in [3.05, 3.63) is 17.6 Å². The zero-order valence-corrected chi connectivity index (χ0v) is 13.6. The first-order chi connectivity index (χ1) is 9.17. The molecule has 116 valence electrons. The van der Waals surface area contributed by atoms with Gasteiger partial charge in [-0.3, -0.25) is 0 Å². The average Bonchev–Trinajstić information content (AvgIpc) is 2.69. The highest BCUT2D eigenvalue weighted by Crippen LogP contribution is 2.20. The first-order valence-corrected chi connectivity index (χ1v) is 8.12. The SMILES string of the molecule is Cc1oc(CN)cc1S(=O)(=O)NC(CN(C)C)C(C)C. The molecule has 0 fully saturated rings. The minimum absolute atomic E-state index is 0.161. The maximum Gasteiger partial charge on any atom is 0.244 e. The number of sulfonamides is 1. The second kappa shape index (κ2) is 6.71. The van der Waals surface area contributed by atoms with Gasteiger partial charge >= 0.3 is 0 Å². The van der Waals surface area contributed by atoms with Gasteiger partial charge in [0.15, 0.2) is 0 Å². The topological polar surface area (TPSA) is 88.6 Å². The van der Waals surface area contributed by atoms with Gasteiger partial charge in [0, 0.05) is 18.7 Å². The molecule has 3 N–H and O–H groups in total. The van der Waals surface area contributed by atoms with Crippen LogP contribution in [-0.2, 0) is 16.6 Å². The molecule has 1 atom stereocenters. The molecule has 6 nitrogen and oxygen atoms in total. The quantitative estimate of drug-likeness (QED) is 0.781. The maximum atomic E-state index is 12.4. The first-order valence-electron chi connectivity index (χ1n) is 6.63. The molecule has 20 heavy (non-hydrogen) atoms. The molecular formula is C13H25N3O3S. The molecular weight excluding hydrogens is 278 g/mol. The number of nitrogens with zero attached hydrogens (tertiary/aromatic N) is 1. The second-order valence-corrected chi connectivity index (χ2v) is 7.25. The van der Waals surface area contributed by atoms with Crippen molar-refractivity contribution in [3.8, 4) is 0 Å². The Hall–Kier alpha value is -0.890. The van der Waals surface area contributed by atoms with Gasteiger partial charge in [0.25, 0.3) is 0 Å². The molecule has 7 heteroatoms. The lowest BCUT2D eigenvalue weighted by atomic mass is 10.1. The number of nitrogens with one attached hydrogen (secondary N) is 1. The van der Waals surface area contributed by atoms with Crippen LogP contribution in [0.15, 0.2) is 15.4 Å². The van der Waals surface area contributed by atoms with Gasteiger partial charge in [0.05, 0.1) is 6.54 Å². The Balaban J connectivity index is 3.00. The molecule has 1 rings (SSSR count). The van der Waals surface area contributed by atoms with Gasteiger partial charge in [0.1, 0.15) is 16.4 Å². The van der Waals surface area contributed by atoms with E-state index in [1.807, 2.05) is 32.8 Å². The fraction of sp³-hybridized carbons (Fsp3) is 0.692. The highest BCUT2D eigenvalue weighted by Gasteiger charge is 2.26. The van der Waals surface area contributed by atoms with Crippen molar-refractivity contribution in [1.29, 1.82) is 0 Å². The van der Waals surface area contributed by atoms with Crippen LogP contribution < -0.4 is 10.5 Å². The first kappa shape index (κ1) is 17.2. The molecule has 0 aromatic carbocycles. The Morgan fingerprint density at radius 3 is 2.40 bits per heavy atom. The van der Waals surface area contributed by atoms with E-state index in [1.165, 1.54) is 6.07 Å². The second-order valence-electron chi connectivity index (χ2n) is 5.57. The Labute approximate surface area is 121 Å². The maximum absolute atomic E-state index is 12.4. The largest absolute Gasteiger partial charge is 0.464 e. The highest BCUT2D eigenvalue weighted by molar-refractivity contribution is 7.89. The average molecular weight is 303 g/mol. The number of hydrogen-bond acceptors (Lipinski definition) is 5. The number of hydrogen-bond donors (Lipinski definition) is 2. The van der Waals surface area contributed by atoms with Crippen LogP contribution in [0.4, 0.5) is 0 Å². The number of nitrogens with two attached hydrogens (primary N) is 1. The fourth-order valence-electron chi connectivity index (χ4n) is 1.93. The lowest BCUT2D eigenvalue weighted by molar-refractivity contribution is 0.314. The Morgan fingerprint density at radius 1 is 1.40 bits per heavy atom. The molecule has 0 amide bonds. The molecule has 0 saturated heterocycles. The van der Waals surface area contributed by atoms with E-state index in [4.69, 9.17) is 10.2 Å². The fourth-order valence-corrected chi connectivity index (χ4v) is 3.51. The zero-order chi connectivity index (χ0) is 15.5. The van der Waals surface area contributed by atoms with E-state index in [2.05, 4.69) is 4.72 Å². The van der Waals surface area contributed by atoms with Crippen LogP contribution in [0.2, 0.25) is 0 Å². The van der Waals surface area contributed by atoms with Crippen molar-refractivity contribution in [3.63, 3.8) is 0 Å². The van der Waals surface area contributed by atoms with Crippen molar-refractivity contribution >= 4 is 10.0 Å². The van der Waals surface area contributed by atoms with E-state index in [9.17, 15) is 8.42 Å². The van der Waals surface area contributed by atoms with Crippen LogP contribution in [0.25, 0.3) is 0 Å². The molecule has 0 aliphatic rings. The van der Waals surface area contributed by atoms with Crippen molar-refractivity contribution in [1.82, 2.24) is 9.62 Å². The molecule has 0 radical (unpaired) electrons. The minimum atomic E-state index is -3.60. The molecule has 1 unspecified atom stereocenters. The summed E-state index contributed by atoms with van der Waals surface area (Å²) in [4.78, 5) is 2.13. The summed E-state index contributed by atoms with van der Waals surface area (Å²) in [5, 5.41) is 0. The number of furan rings is 1. The molecule has 0 saturated carbocycles. The summed E-state index contributed by atoms with van der Waals surface area (Å²) in [6, 6.07) is 1.33. The Bertz CT molecular complexity index is 535. The van der Waals surface area contributed by atoms with Crippen LogP contribution in [0.5, 0.6) is 0 Å². The van der Waals surface area contributed by atoms with Crippen LogP contribution >= 0.6 is 0 Å². The van der Waals surface area contributed by atoms with Crippen LogP contribution in [-0.4, -0.2) is 40.0 Å². The number of aryl methyl sites for hydroxylation is 1. The molecule has 0 spiro atoms. The van der Waals surface area contributed by atoms with Gasteiger partial charge in [-0.2, -0.15) is 0 Å². The summed E-state index contributed by atoms with van der Waals surface area (Å²) in [5.41, 5.74) is 5.48. The van der Waals surface area contributed by atoms with Gasteiger partial charge in [0.2, 0.25) is 10.0 Å². The third-order valence-corrected chi connectivity index (χ3v) is 4.68. The van der Waals surface area contributed by atoms with E-state index in [0.717, 1.165) is 0 Å². The minimum Gasteiger partial charge on any atom is -0.464 e.